The number of carbonyl (C=O) groups is 1. The molecular weight excluding hydrogens is 318 g/mol. The number of carbonyl (C=O) groups excluding carboxylic acids is 1. The summed E-state index contributed by atoms with van der Waals surface area (Å²) in [5.74, 6) is -0.00666. The van der Waals surface area contributed by atoms with E-state index in [-0.39, 0.29) is 18.1 Å². The third-order valence-corrected chi connectivity index (χ3v) is 4.58. The van der Waals surface area contributed by atoms with Crippen molar-refractivity contribution in [2.24, 2.45) is 0 Å². The topological polar surface area (TPSA) is 76.2 Å². The zero-order valence-corrected chi connectivity index (χ0v) is 14.7. The molecule has 2 aromatic rings. The summed E-state index contributed by atoms with van der Waals surface area (Å²) in [4.78, 5) is 12.5. The minimum Gasteiger partial charge on any atom is -0.379 e. The predicted octanol–water partition coefficient (Wildman–Crippen LogP) is 2.06. The van der Waals surface area contributed by atoms with Crippen LogP contribution in [0.3, 0.4) is 0 Å². The lowest BCUT2D eigenvalue weighted by molar-refractivity contribution is -0.126. The quantitative estimate of drug-likeness (QED) is 0.842. The van der Waals surface area contributed by atoms with Crippen molar-refractivity contribution in [3.8, 4) is 0 Å². The van der Waals surface area contributed by atoms with E-state index in [4.69, 9.17) is 9.47 Å². The summed E-state index contributed by atoms with van der Waals surface area (Å²) in [6.45, 7) is 5.50. The van der Waals surface area contributed by atoms with Gasteiger partial charge < -0.3 is 14.8 Å². The highest BCUT2D eigenvalue weighted by Gasteiger charge is 2.28. The van der Waals surface area contributed by atoms with Crippen LogP contribution >= 0.6 is 0 Å². The van der Waals surface area contributed by atoms with E-state index in [1.54, 1.807) is 0 Å². The molecule has 134 valence electrons. The number of aromatic amines is 1. The Bertz CT molecular complexity index is 680. The van der Waals surface area contributed by atoms with Crippen LogP contribution in [0.15, 0.2) is 30.3 Å². The smallest absolute Gasteiger partial charge is 0.224 e. The van der Waals surface area contributed by atoms with E-state index in [9.17, 15) is 4.79 Å². The maximum absolute atomic E-state index is 12.5. The molecule has 6 nitrogen and oxygen atoms in total. The van der Waals surface area contributed by atoms with Crippen molar-refractivity contribution in [2.45, 2.75) is 45.4 Å². The molecular formula is C19H25N3O3. The van der Waals surface area contributed by atoms with Gasteiger partial charge in [0.15, 0.2) is 0 Å². The van der Waals surface area contributed by atoms with Crippen LogP contribution in [0.2, 0.25) is 0 Å². The third-order valence-electron chi connectivity index (χ3n) is 4.58. The fourth-order valence-corrected chi connectivity index (χ4v) is 3.07. The van der Waals surface area contributed by atoms with Crippen LogP contribution < -0.4 is 5.32 Å². The first-order chi connectivity index (χ1) is 12.1. The monoisotopic (exact) mass is 343 g/mol. The van der Waals surface area contributed by atoms with Gasteiger partial charge in [-0.05, 0) is 25.8 Å². The lowest BCUT2D eigenvalue weighted by Gasteiger charge is -2.32. The second-order valence-corrected chi connectivity index (χ2v) is 6.46. The van der Waals surface area contributed by atoms with Gasteiger partial charge in [-0.15, -0.1) is 0 Å². The minimum absolute atomic E-state index is 0.00666. The van der Waals surface area contributed by atoms with Gasteiger partial charge in [-0.1, -0.05) is 30.3 Å². The molecule has 0 saturated carbocycles. The molecule has 2 atom stereocenters. The van der Waals surface area contributed by atoms with Gasteiger partial charge in [-0.2, -0.15) is 5.10 Å². The van der Waals surface area contributed by atoms with Gasteiger partial charge in [-0.3, -0.25) is 9.89 Å². The van der Waals surface area contributed by atoms with Crippen molar-refractivity contribution in [1.82, 2.24) is 15.5 Å². The molecule has 0 radical (unpaired) electrons. The van der Waals surface area contributed by atoms with Gasteiger partial charge in [-0.25, -0.2) is 0 Å². The lowest BCUT2D eigenvalue weighted by atomic mass is 10.0. The first kappa shape index (κ1) is 17.6. The molecule has 1 fully saturated rings. The second-order valence-electron chi connectivity index (χ2n) is 6.46. The predicted molar refractivity (Wildman–Crippen MR) is 94.2 cm³/mol. The van der Waals surface area contributed by atoms with E-state index >= 15 is 0 Å². The Hall–Kier alpha value is -2.18. The number of amides is 1. The minimum atomic E-state index is -0.135. The second kappa shape index (κ2) is 8.27. The summed E-state index contributed by atoms with van der Waals surface area (Å²) in [6, 6.07) is 9.99. The van der Waals surface area contributed by atoms with E-state index in [2.05, 4.69) is 15.5 Å². The molecule has 25 heavy (non-hydrogen) atoms. The average Bonchev–Trinajstić information content (AvgIpc) is 2.94. The number of rotatable bonds is 6. The summed E-state index contributed by atoms with van der Waals surface area (Å²) < 4.78 is 11.5. The van der Waals surface area contributed by atoms with Crippen LogP contribution in [0.4, 0.5) is 0 Å². The van der Waals surface area contributed by atoms with Crippen LogP contribution in [0.1, 0.15) is 28.9 Å². The van der Waals surface area contributed by atoms with Crippen molar-refractivity contribution in [3.63, 3.8) is 0 Å². The largest absolute Gasteiger partial charge is 0.379 e. The molecule has 6 heteroatoms. The summed E-state index contributed by atoms with van der Waals surface area (Å²) in [7, 11) is 0. The number of aryl methyl sites for hydroxylation is 2. The fourth-order valence-electron chi connectivity index (χ4n) is 3.07. The normalized spacial score (nSPS) is 20.4. The number of ether oxygens (including phenoxy) is 2. The SMILES string of the molecule is Cc1n[nH]c(C)c1CC(=O)N[C@@H]1CCOC[C@H]1OCc1ccccc1. The highest BCUT2D eigenvalue weighted by atomic mass is 16.5. The highest BCUT2D eigenvalue weighted by molar-refractivity contribution is 5.79. The van der Waals surface area contributed by atoms with Crippen molar-refractivity contribution in [3.05, 3.63) is 52.8 Å². The van der Waals surface area contributed by atoms with Gasteiger partial charge in [0.1, 0.15) is 6.10 Å². The molecule has 0 unspecified atom stereocenters. The fraction of sp³-hybridized carbons (Fsp3) is 0.474. The van der Waals surface area contributed by atoms with E-state index < -0.39 is 0 Å². The van der Waals surface area contributed by atoms with Gasteiger partial charge in [0.2, 0.25) is 5.91 Å². The maximum atomic E-state index is 12.5. The molecule has 1 amide bonds. The standard InChI is InChI=1S/C19H25N3O3/c1-13-16(14(2)22-21-13)10-19(23)20-17-8-9-24-12-18(17)25-11-15-6-4-3-5-7-15/h3-7,17-18H,8-12H2,1-2H3,(H,20,23)(H,21,22)/t17-,18-/m1/s1. The van der Waals surface area contributed by atoms with Crippen LogP contribution in [-0.2, 0) is 27.3 Å². The zero-order chi connectivity index (χ0) is 17.6. The number of hydrogen-bond donors (Lipinski definition) is 2. The third kappa shape index (κ3) is 4.67. The van der Waals surface area contributed by atoms with Crippen molar-refractivity contribution in [2.75, 3.05) is 13.2 Å². The van der Waals surface area contributed by atoms with Gasteiger partial charge in [0.05, 0.1) is 31.4 Å². The molecule has 1 aromatic heterocycles. The summed E-state index contributed by atoms with van der Waals surface area (Å²) >= 11 is 0. The Morgan fingerprint density at radius 1 is 1.36 bits per heavy atom. The molecule has 2 N–H and O–H groups in total. The van der Waals surface area contributed by atoms with Crippen LogP contribution in [0.25, 0.3) is 0 Å². The van der Waals surface area contributed by atoms with Crippen LogP contribution in [-0.4, -0.2) is 41.5 Å². The van der Waals surface area contributed by atoms with Crippen LogP contribution in [0, 0.1) is 13.8 Å². The van der Waals surface area contributed by atoms with Gasteiger partial charge >= 0.3 is 0 Å². The molecule has 0 aliphatic carbocycles. The number of nitrogens with zero attached hydrogens (tertiary/aromatic N) is 1. The zero-order valence-electron chi connectivity index (χ0n) is 14.7. The summed E-state index contributed by atoms with van der Waals surface area (Å²) in [5, 5.41) is 10.2. The molecule has 1 aromatic carbocycles. The first-order valence-electron chi connectivity index (χ1n) is 8.66. The van der Waals surface area contributed by atoms with E-state index in [1.165, 1.54) is 0 Å². The average molecular weight is 343 g/mol. The Morgan fingerprint density at radius 3 is 2.88 bits per heavy atom. The number of aromatic nitrogens is 2. The summed E-state index contributed by atoms with van der Waals surface area (Å²) in [6.07, 6.45) is 0.954. The van der Waals surface area contributed by atoms with Gasteiger partial charge in [0.25, 0.3) is 0 Å². The molecule has 1 aliphatic rings. The maximum Gasteiger partial charge on any atom is 0.224 e. The molecule has 3 rings (SSSR count). The Morgan fingerprint density at radius 2 is 2.16 bits per heavy atom. The Balaban J connectivity index is 1.56. The number of hydrogen-bond acceptors (Lipinski definition) is 4. The molecule has 2 heterocycles. The Kier molecular flexibility index (Phi) is 5.83. The molecule has 1 saturated heterocycles. The molecule has 0 spiro atoms. The lowest BCUT2D eigenvalue weighted by Crippen LogP contribution is -2.50. The van der Waals surface area contributed by atoms with E-state index in [1.807, 2.05) is 44.2 Å². The molecule has 1 aliphatic heterocycles. The number of H-pyrrole nitrogens is 1. The number of nitrogens with one attached hydrogen (secondary N) is 2. The van der Waals surface area contributed by atoms with Gasteiger partial charge in [0, 0.05) is 17.9 Å². The Labute approximate surface area is 147 Å². The van der Waals surface area contributed by atoms with Crippen molar-refractivity contribution >= 4 is 5.91 Å². The first-order valence-corrected chi connectivity index (χ1v) is 8.66. The van der Waals surface area contributed by atoms with Crippen LogP contribution in [0.5, 0.6) is 0 Å². The van der Waals surface area contributed by atoms with Crippen molar-refractivity contribution < 1.29 is 14.3 Å². The van der Waals surface area contributed by atoms with Crippen molar-refractivity contribution in [1.29, 1.82) is 0 Å². The van der Waals surface area contributed by atoms with E-state index in [0.29, 0.717) is 26.2 Å². The summed E-state index contributed by atoms with van der Waals surface area (Å²) in [5.41, 5.74) is 3.89. The molecule has 0 bridgehead atoms. The van der Waals surface area contributed by atoms with E-state index in [0.717, 1.165) is 28.9 Å². The highest BCUT2D eigenvalue weighted by Crippen LogP contribution is 2.15. The number of benzene rings is 1.